The number of halogens is 7. The van der Waals surface area contributed by atoms with Gasteiger partial charge >= 0.3 is 12.2 Å². The fourth-order valence-corrected chi connectivity index (χ4v) is 10.1. The van der Waals surface area contributed by atoms with E-state index in [0.717, 1.165) is 25.3 Å². The number of aromatic nitrogens is 3. The number of nitrogens with two attached hydrogens (primary N) is 1. The topological polar surface area (TPSA) is 92.4 Å². The van der Waals surface area contributed by atoms with Crippen LogP contribution in [0.2, 0.25) is 5.02 Å². The van der Waals surface area contributed by atoms with E-state index >= 15 is 4.39 Å². The normalized spacial score (nSPS) is 31.4. The Balaban J connectivity index is 1.24. The number of fused-ring (bicyclic) bond motifs is 6. The van der Waals surface area contributed by atoms with Gasteiger partial charge in [-0.2, -0.15) is 23.1 Å². The zero-order valence-corrected chi connectivity index (χ0v) is 27.4. The van der Waals surface area contributed by atoms with Gasteiger partial charge in [0.2, 0.25) is 0 Å². The number of anilines is 2. The highest BCUT2D eigenvalue weighted by molar-refractivity contribution is 6.37. The average Bonchev–Trinajstić information content (AvgIpc) is 3.34. The Morgan fingerprint density at radius 1 is 1.16 bits per heavy atom. The molecular formula is C34H34ClF6N7O. The summed E-state index contributed by atoms with van der Waals surface area (Å²) in [5.74, 6) is -3.72. The minimum atomic E-state index is -4.91. The number of rotatable bonds is 4. The molecule has 260 valence electrons. The molecule has 0 radical (unpaired) electrons. The maximum Gasteiger partial charge on any atom is 0.418 e. The molecule has 2 bridgehead atoms. The number of piperazine rings is 1. The van der Waals surface area contributed by atoms with Crippen LogP contribution in [0.3, 0.4) is 0 Å². The van der Waals surface area contributed by atoms with Crippen LogP contribution in [0.5, 0.6) is 6.01 Å². The molecule has 3 aromatic rings. The monoisotopic (exact) mass is 705 g/mol. The second-order valence-electron chi connectivity index (χ2n) is 15.0. The van der Waals surface area contributed by atoms with Crippen LogP contribution in [0.25, 0.3) is 27.7 Å². The number of nitrogens with zero attached hydrogens (tertiary/aromatic N) is 5. The van der Waals surface area contributed by atoms with Gasteiger partial charge in [-0.05, 0) is 69.2 Å². The number of ether oxygens (including phenoxy) is 1. The molecular weight excluding hydrogens is 672 g/mol. The maximum atomic E-state index is 17.1. The third-order valence-electron chi connectivity index (χ3n) is 12.0. The van der Waals surface area contributed by atoms with Crippen molar-refractivity contribution in [2.45, 2.75) is 87.6 Å². The first kappa shape index (κ1) is 31.6. The van der Waals surface area contributed by atoms with E-state index in [-0.39, 0.29) is 83.0 Å². The van der Waals surface area contributed by atoms with Crippen LogP contribution in [0.15, 0.2) is 12.6 Å². The van der Waals surface area contributed by atoms with Crippen molar-refractivity contribution < 1.29 is 31.1 Å². The molecule has 4 saturated heterocycles. The van der Waals surface area contributed by atoms with Gasteiger partial charge < -0.3 is 20.7 Å². The van der Waals surface area contributed by atoms with E-state index < -0.39 is 45.7 Å². The summed E-state index contributed by atoms with van der Waals surface area (Å²) in [6.07, 6.45) is -1.07. The Kier molecular flexibility index (Phi) is 6.53. The Labute approximate surface area is 283 Å². The number of nitrogen functional groups attached to an aromatic ring is 1. The van der Waals surface area contributed by atoms with Gasteiger partial charge in [-0.1, -0.05) is 18.2 Å². The van der Waals surface area contributed by atoms with Crippen molar-refractivity contribution in [3.63, 3.8) is 0 Å². The molecule has 49 heavy (non-hydrogen) atoms. The van der Waals surface area contributed by atoms with Crippen molar-refractivity contribution in [3.05, 3.63) is 40.2 Å². The molecule has 6 aliphatic rings. The van der Waals surface area contributed by atoms with Crippen LogP contribution in [0, 0.1) is 18.2 Å². The quantitative estimate of drug-likeness (QED) is 0.288. The standard InChI is InChI=1S/C34H34ClF6N7O/c1-15-8-19-18-5-4-17(43-18)10-48(19)29-22-21(15)25(35)23(27-24(34(39,40)41)16(2)9-20(42)44-27)26(36)28(22)45-30(46-29)49-14-32-6-3-7-47(32)13-31(11-32)12-33(31,37)38/h9,17-19,43H,1,3-8,10-14H2,2H3,(H2,42,44)/t17-,18+,19-,31-,32+/m1/s1. The van der Waals surface area contributed by atoms with Gasteiger partial charge in [0.25, 0.3) is 5.92 Å². The largest absolute Gasteiger partial charge is 0.461 e. The van der Waals surface area contributed by atoms with Gasteiger partial charge in [-0.15, -0.1) is 0 Å². The van der Waals surface area contributed by atoms with E-state index in [9.17, 15) is 22.0 Å². The second kappa shape index (κ2) is 10.1. The molecule has 5 fully saturated rings. The number of alkyl halides is 5. The van der Waals surface area contributed by atoms with E-state index in [0.29, 0.717) is 37.3 Å². The van der Waals surface area contributed by atoms with Gasteiger partial charge in [0.05, 0.1) is 38.2 Å². The van der Waals surface area contributed by atoms with E-state index in [1.165, 1.54) is 6.92 Å². The fraction of sp³-hybridized carbons (Fsp3) is 0.559. The Bertz CT molecular complexity index is 1970. The highest BCUT2D eigenvalue weighted by Crippen LogP contribution is 2.69. The highest BCUT2D eigenvalue weighted by Gasteiger charge is 2.77. The molecule has 0 amide bonds. The Morgan fingerprint density at radius 3 is 2.67 bits per heavy atom. The summed E-state index contributed by atoms with van der Waals surface area (Å²) < 4.78 is 96.0. The summed E-state index contributed by atoms with van der Waals surface area (Å²) in [5, 5.41) is 3.59. The summed E-state index contributed by atoms with van der Waals surface area (Å²) >= 11 is 6.97. The van der Waals surface area contributed by atoms with Crippen LogP contribution in [-0.2, 0) is 6.18 Å². The van der Waals surface area contributed by atoms with Crippen molar-refractivity contribution in [2.24, 2.45) is 5.41 Å². The van der Waals surface area contributed by atoms with E-state index in [1.807, 2.05) is 0 Å². The van der Waals surface area contributed by atoms with Gasteiger partial charge in [-0.3, -0.25) is 4.90 Å². The lowest BCUT2D eigenvalue weighted by atomic mass is 9.89. The average molecular weight is 706 g/mol. The van der Waals surface area contributed by atoms with E-state index in [2.05, 4.69) is 31.7 Å². The molecule has 15 heteroatoms. The second-order valence-corrected chi connectivity index (χ2v) is 15.3. The smallest absolute Gasteiger partial charge is 0.418 e. The van der Waals surface area contributed by atoms with Gasteiger partial charge in [0.15, 0.2) is 5.82 Å². The number of benzene rings is 1. The summed E-state index contributed by atoms with van der Waals surface area (Å²) in [5.41, 5.74) is 1.97. The van der Waals surface area contributed by atoms with Crippen molar-refractivity contribution in [1.82, 2.24) is 25.2 Å². The van der Waals surface area contributed by atoms with Crippen LogP contribution in [-0.4, -0.2) is 75.7 Å². The van der Waals surface area contributed by atoms with Crippen LogP contribution in [0.4, 0.5) is 38.0 Å². The molecule has 0 unspecified atom stereocenters. The molecule has 5 aliphatic heterocycles. The minimum absolute atomic E-state index is 0.0157. The summed E-state index contributed by atoms with van der Waals surface area (Å²) in [4.78, 5) is 17.5. The van der Waals surface area contributed by atoms with E-state index in [1.54, 1.807) is 0 Å². The van der Waals surface area contributed by atoms with Gasteiger partial charge in [0.1, 0.15) is 23.8 Å². The Hall–Kier alpha value is -3.36. The number of aryl methyl sites for hydroxylation is 1. The summed E-state index contributed by atoms with van der Waals surface area (Å²) in [6, 6.07) is 0.963. The van der Waals surface area contributed by atoms with Crippen molar-refractivity contribution in [2.75, 3.05) is 36.9 Å². The molecule has 3 N–H and O–H groups in total. The number of nitrogens with one attached hydrogen (secondary N) is 1. The Morgan fingerprint density at radius 2 is 1.94 bits per heavy atom. The number of pyridine rings is 1. The molecule has 1 saturated carbocycles. The van der Waals surface area contributed by atoms with Crippen LogP contribution in [0.1, 0.15) is 61.6 Å². The SMILES string of the molecule is C=C1C[C@@H]2[C@@H]3CC[C@H](CN2c2nc(OC[C@@]45CCCN4C[C@]4(CC4(F)F)C5)nc4c(F)c(-c5nc(N)cc(C)c5C(F)(F)F)c(Cl)c1c24)N3. The predicted molar refractivity (Wildman–Crippen MR) is 172 cm³/mol. The van der Waals surface area contributed by atoms with Crippen LogP contribution >= 0.6 is 11.6 Å². The number of hydrogen-bond donors (Lipinski definition) is 2. The van der Waals surface area contributed by atoms with Gasteiger partial charge in [-0.25, -0.2) is 18.2 Å². The lowest BCUT2D eigenvalue weighted by Crippen LogP contribution is -2.58. The molecule has 1 spiro atoms. The fourth-order valence-electron chi connectivity index (χ4n) is 9.70. The van der Waals surface area contributed by atoms with Crippen molar-refractivity contribution in [3.8, 4) is 17.3 Å². The predicted octanol–water partition coefficient (Wildman–Crippen LogP) is 6.76. The maximum absolute atomic E-state index is 17.1. The molecule has 9 rings (SSSR count). The first-order valence-electron chi connectivity index (χ1n) is 16.7. The molecule has 5 atom stereocenters. The summed E-state index contributed by atoms with van der Waals surface area (Å²) in [7, 11) is 0. The van der Waals surface area contributed by atoms with Crippen molar-refractivity contribution >= 4 is 39.7 Å². The third kappa shape index (κ3) is 4.48. The zero-order chi connectivity index (χ0) is 34.4. The van der Waals surface area contributed by atoms with Gasteiger partial charge in [0, 0.05) is 43.2 Å². The minimum Gasteiger partial charge on any atom is -0.461 e. The highest BCUT2D eigenvalue weighted by atomic mass is 35.5. The third-order valence-corrected chi connectivity index (χ3v) is 12.3. The molecule has 8 nitrogen and oxygen atoms in total. The first-order valence-corrected chi connectivity index (χ1v) is 17.0. The first-order chi connectivity index (χ1) is 23.1. The van der Waals surface area contributed by atoms with E-state index in [4.69, 9.17) is 27.1 Å². The lowest BCUT2D eigenvalue weighted by Gasteiger charge is -2.41. The summed E-state index contributed by atoms with van der Waals surface area (Å²) in [6.45, 7) is 7.05. The molecule has 7 heterocycles. The molecule has 1 aromatic carbocycles. The lowest BCUT2D eigenvalue weighted by molar-refractivity contribution is -0.137. The molecule has 1 aliphatic carbocycles. The van der Waals surface area contributed by atoms with Crippen LogP contribution < -0.4 is 20.7 Å². The van der Waals surface area contributed by atoms with Crippen molar-refractivity contribution in [1.29, 1.82) is 0 Å². The number of hydrogen-bond acceptors (Lipinski definition) is 8. The zero-order valence-electron chi connectivity index (χ0n) is 26.7. The molecule has 2 aromatic heterocycles.